The van der Waals surface area contributed by atoms with Crippen molar-refractivity contribution in [2.75, 3.05) is 25.0 Å². The molecule has 1 atom stereocenters. The molecule has 4 aliphatic rings. The number of rotatable bonds is 2. The van der Waals surface area contributed by atoms with E-state index >= 15 is 0 Å². The van der Waals surface area contributed by atoms with Crippen LogP contribution in [0.4, 0.5) is 5.13 Å². The van der Waals surface area contributed by atoms with Crippen molar-refractivity contribution in [2.45, 2.75) is 24.8 Å². The smallest absolute Gasteiger partial charge is 0.189 e. The van der Waals surface area contributed by atoms with E-state index in [1.165, 1.54) is 25.9 Å². The predicted molar refractivity (Wildman–Crippen MR) is 92.6 cm³/mol. The largest absolute Gasteiger partial charge is 0.508 e. The summed E-state index contributed by atoms with van der Waals surface area (Å²) in [5, 5.41) is 17.7. The fourth-order valence-electron chi connectivity index (χ4n) is 4.36. The normalized spacial score (nSPS) is 32.3. The molecule has 3 saturated heterocycles. The quantitative estimate of drug-likeness (QED) is 0.791. The van der Waals surface area contributed by atoms with Gasteiger partial charge in [0.15, 0.2) is 5.13 Å². The minimum atomic E-state index is 0.230. The number of piperidine rings is 3. The summed E-state index contributed by atoms with van der Waals surface area (Å²) in [5.74, 6) is 2.16. The van der Waals surface area contributed by atoms with E-state index in [0.717, 1.165) is 40.1 Å². The van der Waals surface area contributed by atoms with E-state index in [0.29, 0.717) is 0 Å². The Bertz CT molecular complexity index is 793. The fraction of sp³-hybridized carbons (Fsp3) is 0.471. The van der Waals surface area contributed by atoms with Crippen LogP contribution in [0.5, 0.6) is 5.75 Å². The Morgan fingerprint density at radius 1 is 1.35 bits per heavy atom. The summed E-state index contributed by atoms with van der Waals surface area (Å²) in [6, 6.07) is 5.31. The van der Waals surface area contributed by atoms with Crippen molar-refractivity contribution in [1.82, 2.24) is 15.2 Å². The molecule has 120 valence electrons. The SMILES string of the molecule is Oc1ccc2nc(NC3=CC[C@@]4(CN5CCC4CC5)N3)sc2c1. The molecule has 0 unspecified atom stereocenters. The molecule has 2 aromatic rings. The van der Waals surface area contributed by atoms with E-state index in [4.69, 9.17) is 0 Å². The van der Waals surface area contributed by atoms with Crippen LogP contribution >= 0.6 is 11.3 Å². The predicted octanol–water partition coefficient (Wildman–Crippen LogP) is 2.71. The van der Waals surface area contributed by atoms with E-state index in [2.05, 4.69) is 26.6 Å². The van der Waals surface area contributed by atoms with Crippen molar-refractivity contribution < 1.29 is 5.11 Å². The number of aromatic nitrogens is 1. The van der Waals surface area contributed by atoms with Gasteiger partial charge in [-0.15, -0.1) is 0 Å². The van der Waals surface area contributed by atoms with Gasteiger partial charge in [0, 0.05) is 6.54 Å². The summed E-state index contributed by atoms with van der Waals surface area (Å²) in [6.07, 6.45) is 6.01. The molecule has 0 radical (unpaired) electrons. The number of aromatic hydroxyl groups is 1. The van der Waals surface area contributed by atoms with Crippen LogP contribution < -0.4 is 10.6 Å². The highest BCUT2D eigenvalue weighted by Gasteiger charge is 2.48. The van der Waals surface area contributed by atoms with Gasteiger partial charge in [0.05, 0.1) is 15.8 Å². The second-order valence-electron chi connectivity index (χ2n) is 6.95. The minimum absolute atomic E-state index is 0.230. The van der Waals surface area contributed by atoms with Crippen LogP contribution in [0.2, 0.25) is 0 Å². The van der Waals surface area contributed by atoms with E-state index in [-0.39, 0.29) is 11.3 Å². The molecule has 23 heavy (non-hydrogen) atoms. The van der Waals surface area contributed by atoms with Crippen molar-refractivity contribution in [1.29, 1.82) is 0 Å². The Morgan fingerprint density at radius 3 is 3.00 bits per heavy atom. The van der Waals surface area contributed by atoms with Gasteiger partial charge in [-0.1, -0.05) is 11.3 Å². The zero-order valence-corrected chi connectivity index (χ0v) is 13.7. The van der Waals surface area contributed by atoms with E-state index in [9.17, 15) is 5.11 Å². The first-order chi connectivity index (χ1) is 11.2. The molecule has 5 nitrogen and oxygen atoms in total. The lowest BCUT2D eigenvalue weighted by Gasteiger charge is -2.52. The van der Waals surface area contributed by atoms with Gasteiger partial charge in [-0.2, -0.15) is 0 Å². The molecule has 5 heterocycles. The maximum absolute atomic E-state index is 9.58. The fourth-order valence-corrected chi connectivity index (χ4v) is 5.27. The number of hydrogen-bond acceptors (Lipinski definition) is 6. The highest BCUT2D eigenvalue weighted by Crippen LogP contribution is 2.41. The standard InChI is InChI=1S/C17H20N4OS/c22-12-1-2-13-14(9-12)23-16(18-13)19-15-3-6-17(20-15)10-21-7-4-11(17)5-8-21/h1-3,9,11,20,22H,4-8,10H2,(H,18,19)/t17-/m0/s1. The van der Waals surface area contributed by atoms with Gasteiger partial charge in [-0.3, -0.25) is 0 Å². The lowest BCUT2D eigenvalue weighted by atomic mass is 9.72. The second kappa shape index (κ2) is 4.85. The number of anilines is 1. The third-order valence-corrected chi connectivity index (χ3v) is 6.48. The van der Waals surface area contributed by atoms with Gasteiger partial charge in [0.2, 0.25) is 0 Å². The molecule has 1 aromatic carbocycles. The number of benzene rings is 1. The summed E-state index contributed by atoms with van der Waals surface area (Å²) >= 11 is 1.58. The van der Waals surface area contributed by atoms with E-state index in [1.807, 2.05) is 6.07 Å². The average Bonchev–Trinajstić information content (AvgIpc) is 3.12. The van der Waals surface area contributed by atoms with Gasteiger partial charge in [-0.05, 0) is 62.5 Å². The molecule has 0 saturated carbocycles. The summed E-state index contributed by atoms with van der Waals surface area (Å²) in [4.78, 5) is 7.19. The van der Waals surface area contributed by atoms with Gasteiger partial charge < -0.3 is 20.6 Å². The number of fused-ring (bicyclic) bond motifs is 3. The number of phenolic OH excluding ortho intramolecular Hbond substituents is 1. The Morgan fingerprint density at radius 2 is 2.22 bits per heavy atom. The average molecular weight is 328 g/mol. The molecule has 1 spiro atoms. The van der Waals surface area contributed by atoms with Crippen LogP contribution in [0.1, 0.15) is 19.3 Å². The van der Waals surface area contributed by atoms with Gasteiger partial charge in [-0.25, -0.2) is 4.98 Å². The molecule has 6 heteroatoms. The number of phenols is 1. The highest BCUT2D eigenvalue weighted by molar-refractivity contribution is 7.22. The Balaban J connectivity index is 1.35. The molecule has 4 aliphatic heterocycles. The van der Waals surface area contributed by atoms with Crippen LogP contribution in [0.25, 0.3) is 10.2 Å². The van der Waals surface area contributed by atoms with Crippen LogP contribution in [0.15, 0.2) is 30.1 Å². The second-order valence-corrected chi connectivity index (χ2v) is 7.98. The van der Waals surface area contributed by atoms with Gasteiger partial charge >= 0.3 is 0 Å². The molecule has 6 rings (SSSR count). The molecule has 0 amide bonds. The Labute approximate surface area is 139 Å². The first kappa shape index (κ1) is 13.6. The number of nitrogens with one attached hydrogen (secondary N) is 2. The third-order valence-electron chi connectivity index (χ3n) is 5.54. The third kappa shape index (κ3) is 2.20. The topological polar surface area (TPSA) is 60.4 Å². The maximum Gasteiger partial charge on any atom is 0.189 e. The summed E-state index contributed by atoms with van der Waals surface area (Å²) in [6.45, 7) is 3.68. The van der Waals surface area contributed by atoms with Crippen LogP contribution in [0.3, 0.4) is 0 Å². The first-order valence-corrected chi connectivity index (χ1v) is 9.09. The Hall–Kier alpha value is -1.79. The van der Waals surface area contributed by atoms with Crippen molar-refractivity contribution in [3.05, 3.63) is 30.1 Å². The highest BCUT2D eigenvalue weighted by atomic mass is 32.1. The van der Waals surface area contributed by atoms with Gasteiger partial charge in [0.1, 0.15) is 11.6 Å². The number of thiazole rings is 1. The minimum Gasteiger partial charge on any atom is -0.508 e. The molecule has 0 aliphatic carbocycles. The lowest BCUT2D eigenvalue weighted by molar-refractivity contribution is 0.0189. The number of nitrogens with zero attached hydrogens (tertiary/aromatic N) is 2. The summed E-state index contributed by atoms with van der Waals surface area (Å²) in [7, 11) is 0. The van der Waals surface area contributed by atoms with Gasteiger partial charge in [0.25, 0.3) is 0 Å². The Kier molecular flexibility index (Phi) is 2.87. The van der Waals surface area contributed by atoms with Crippen LogP contribution in [-0.2, 0) is 0 Å². The monoisotopic (exact) mass is 328 g/mol. The van der Waals surface area contributed by atoms with Crippen molar-refractivity contribution >= 4 is 26.7 Å². The number of hydrogen-bond donors (Lipinski definition) is 3. The van der Waals surface area contributed by atoms with Crippen LogP contribution in [-0.4, -0.2) is 40.2 Å². The zero-order chi connectivity index (χ0) is 15.4. The molecule has 1 aromatic heterocycles. The summed E-state index contributed by atoms with van der Waals surface area (Å²) < 4.78 is 1.00. The molecular weight excluding hydrogens is 308 g/mol. The molecule has 2 bridgehead atoms. The molecule has 3 N–H and O–H groups in total. The zero-order valence-electron chi connectivity index (χ0n) is 12.9. The summed E-state index contributed by atoms with van der Waals surface area (Å²) in [5.41, 5.74) is 1.15. The first-order valence-electron chi connectivity index (χ1n) is 8.27. The van der Waals surface area contributed by atoms with Crippen molar-refractivity contribution in [3.63, 3.8) is 0 Å². The lowest BCUT2D eigenvalue weighted by Crippen LogP contribution is -2.64. The van der Waals surface area contributed by atoms with E-state index in [1.54, 1.807) is 23.5 Å². The van der Waals surface area contributed by atoms with Crippen molar-refractivity contribution in [2.24, 2.45) is 5.92 Å². The van der Waals surface area contributed by atoms with E-state index < -0.39 is 0 Å². The molecular formula is C17H20N4OS. The van der Waals surface area contributed by atoms with Crippen molar-refractivity contribution in [3.8, 4) is 5.75 Å². The van der Waals surface area contributed by atoms with Crippen LogP contribution in [0, 0.1) is 5.92 Å². The molecule has 3 fully saturated rings. The maximum atomic E-state index is 9.58.